The molecule has 0 radical (unpaired) electrons. The van der Waals surface area contributed by atoms with Crippen molar-refractivity contribution in [2.24, 2.45) is 5.73 Å². The Balaban J connectivity index is 0.00000225. The summed E-state index contributed by atoms with van der Waals surface area (Å²) < 4.78 is 66.8. The quantitative estimate of drug-likeness (QED) is 0.873. The van der Waals surface area contributed by atoms with Gasteiger partial charge in [-0.1, -0.05) is 30.3 Å². The summed E-state index contributed by atoms with van der Waals surface area (Å²) in [4.78, 5) is -1.15. The highest BCUT2D eigenvalue weighted by molar-refractivity contribution is 7.89. The molecule has 1 aliphatic rings. The van der Waals surface area contributed by atoms with Crippen molar-refractivity contribution in [3.63, 3.8) is 0 Å². The molecule has 0 bridgehead atoms. The molecular formula is C16H16ClF3N2O2S. The van der Waals surface area contributed by atoms with Crippen molar-refractivity contribution in [1.29, 1.82) is 0 Å². The molecule has 0 aliphatic carbocycles. The lowest BCUT2D eigenvalue weighted by molar-refractivity contribution is 0.446. The van der Waals surface area contributed by atoms with E-state index in [0.717, 1.165) is 9.87 Å². The maximum atomic E-state index is 13.9. The van der Waals surface area contributed by atoms with Crippen molar-refractivity contribution in [3.8, 4) is 0 Å². The largest absolute Gasteiger partial charge is 0.326 e. The molecule has 0 saturated carbocycles. The Bertz CT molecular complexity index is 842. The van der Waals surface area contributed by atoms with Crippen molar-refractivity contribution in [3.05, 3.63) is 65.5 Å². The molecule has 0 spiro atoms. The molecule has 1 heterocycles. The summed E-state index contributed by atoms with van der Waals surface area (Å²) in [6.45, 7) is -0.0675. The van der Waals surface area contributed by atoms with E-state index >= 15 is 0 Å². The fourth-order valence-electron chi connectivity index (χ4n) is 2.95. The molecule has 1 fully saturated rings. The Hall–Kier alpha value is -1.61. The van der Waals surface area contributed by atoms with Gasteiger partial charge in [-0.3, -0.25) is 0 Å². The van der Waals surface area contributed by atoms with Crippen LogP contribution in [0.25, 0.3) is 0 Å². The smallest absolute Gasteiger partial charge is 0.249 e. The lowest BCUT2D eigenvalue weighted by Crippen LogP contribution is -2.33. The summed E-state index contributed by atoms with van der Waals surface area (Å²) >= 11 is 0. The average molecular weight is 393 g/mol. The fraction of sp³-hybridized carbons (Fsp3) is 0.250. The van der Waals surface area contributed by atoms with Gasteiger partial charge in [-0.2, -0.15) is 4.31 Å². The summed E-state index contributed by atoms with van der Waals surface area (Å²) in [5.41, 5.74) is 6.87. The normalized spacial score (nSPS) is 21.1. The van der Waals surface area contributed by atoms with Gasteiger partial charge in [0.15, 0.2) is 4.90 Å². The highest BCUT2D eigenvalue weighted by Gasteiger charge is 2.40. The minimum atomic E-state index is -4.45. The molecule has 136 valence electrons. The lowest BCUT2D eigenvalue weighted by atomic mass is 9.95. The van der Waals surface area contributed by atoms with Crippen LogP contribution in [0.2, 0.25) is 0 Å². The maximum Gasteiger partial charge on any atom is 0.249 e. The first-order chi connectivity index (χ1) is 11.3. The van der Waals surface area contributed by atoms with Gasteiger partial charge in [-0.05, 0) is 5.56 Å². The van der Waals surface area contributed by atoms with Crippen LogP contribution in [-0.2, 0) is 10.0 Å². The van der Waals surface area contributed by atoms with E-state index in [9.17, 15) is 21.6 Å². The van der Waals surface area contributed by atoms with Gasteiger partial charge in [0, 0.05) is 37.2 Å². The van der Waals surface area contributed by atoms with Crippen LogP contribution in [-0.4, -0.2) is 31.9 Å². The Kier molecular flexibility index (Phi) is 5.78. The van der Waals surface area contributed by atoms with Gasteiger partial charge < -0.3 is 5.73 Å². The maximum absolute atomic E-state index is 13.9. The summed E-state index contributed by atoms with van der Waals surface area (Å²) in [6, 6.07) is 9.26. The Labute approximate surface area is 149 Å². The van der Waals surface area contributed by atoms with Crippen LogP contribution >= 0.6 is 12.4 Å². The monoisotopic (exact) mass is 392 g/mol. The zero-order chi connectivity index (χ0) is 17.5. The third-order valence-electron chi connectivity index (χ3n) is 4.12. The third-order valence-corrected chi connectivity index (χ3v) is 6.00. The summed E-state index contributed by atoms with van der Waals surface area (Å²) in [5, 5.41) is 0. The highest BCUT2D eigenvalue weighted by Crippen LogP contribution is 2.32. The number of hydrogen-bond donors (Lipinski definition) is 1. The molecule has 3 rings (SSSR count). The zero-order valence-corrected chi connectivity index (χ0v) is 14.5. The van der Waals surface area contributed by atoms with Crippen LogP contribution in [0.5, 0.6) is 0 Å². The second-order valence-electron chi connectivity index (χ2n) is 5.70. The predicted octanol–water partition coefficient (Wildman–Crippen LogP) is 2.64. The highest BCUT2D eigenvalue weighted by atomic mass is 35.5. The number of benzene rings is 2. The van der Waals surface area contributed by atoms with Gasteiger partial charge in [0.2, 0.25) is 10.0 Å². The molecular weight excluding hydrogens is 377 g/mol. The molecule has 2 aromatic rings. The van der Waals surface area contributed by atoms with Gasteiger partial charge in [-0.15, -0.1) is 12.4 Å². The van der Waals surface area contributed by atoms with E-state index in [0.29, 0.717) is 12.1 Å². The van der Waals surface area contributed by atoms with E-state index in [1.54, 1.807) is 12.1 Å². The summed E-state index contributed by atoms with van der Waals surface area (Å²) in [6.07, 6.45) is 0. The first-order valence-corrected chi connectivity index (χ1v) is 8.70. The van der Waals surface area contributed by atoms with Gasteiger partial charge in [0.25, 0.3) is 0 Å². The zero-order valence-electron chi connectivity index (χ0n) is 12.9. The molecule has 0 unspecified atom stereocenters. The second kappa shape index (κ2) is 7.33. The average Bonchev–Trinajstić information content (AvgIpc) is 2.89. The molecule has 2 atom stereocenters. The molecule has 0 amide bonds. The van der Waals surface area contributed by atoms with Crippen LogP contribution in [0.15, 0.2) is 47.4 Å². The van der Waals surface area contributed by atoms with Crippen molar-refractivity contribution in [1.82, 2.24) is 4.31 Å². The van der Waals surface area contributed by atoms with Gasteiger partial charge >= 0.3 is 0 Å². The number of hydrogen-bond acceptors (Lipinski definition) is 3. The van der Waals surface area contributed by atoms with Crippen LogP contribution in [0.4, 0.5) is 13.2 Å². The van der Waals surface area contributed by atoms with Crippen molar-refractivity contribution in [2.75, 3.05) is 13.1 Å². The number of nitrogens with zero attached hydrogens (tertiary/aromatic N) is 1. The third kappa shape index (κ3) is 3.67. The molecule has 0 aromatic heterocycles. The molecule has 4 nitrogen and oxygen atoms in total. The Morgan fingerprint density at radius 1 is 1.00 bits per heavy atom. The van der Waals surface area contributed by atoms with E-state index in [1.807, 2.05) is 18.2 Å². The Morgan fingerprint density at radius 3 is 2.12 bits per heavy atom. The van der Waals surface area contributed by atoms with Gasteiger partial charge in [0.1, 0.15) is 17.5 Å². The summed E-state index contributed by atoms with van der Waals surface area (Å²) in [5.74, 6) is -4.37. The second-order valence-corrected chi connectivity index (χ2v) is 7.58. The SMILES string of the molecule is Cl.N[C@@H]1CN(S(=O)(=O)c2c(F)cc(F)cc2F)C[C@H]1c1ccccc1. The minimum Gasteiger partial charge on any atom is -0.326 e. The van der Waals surface area contributed by atoms with Gasteiger partial charge in [-0.25, -0.2) is 21.6 Å². The van der Waals surface area contributed by atoms with Crippen LogP contribution in [0.1, 0.15) is 11.5 Å². The number of halogens is 4. The van der Waals surface area contributed by atoms with Crippen LogP contribution in [0, 0.1) is 17.5 Å². The van der Waals surface area contributed by atoms with Gasteiger partial charge in [0.05, 0.1) is 0 Å². The predicted molar refractivity (Wildman–Crippen MR) is 89.5 cm³/mol. The molecule has 9 heteroatoms. The lowest BCUT2D eigenvalue weighted by Gasteiger charge is -2.17. The van der Waals surface area contributed by atoms with E-state index in [4.69, 9.17) is 5.73 Å². The number of sulfonamides is 1. The fourth-order valence-corrected chi connectivity index (χ4v) is 4.54. The molecule has 2 N–H and O–H groups in total. The van der Waals surface area contributed by atoms with E-state index < -0.39 is 38.4 Å². The minimum absolute atomic E-state index is 0. The first kappa shape index (κ1) is 19.7. The standard InChI is InChI=1S/C16H15F3N2O2S.ClH/c17-11-6-13(18)16(14(19)7-11)24(22,23)21-8-12(15(20)9-21)10-4-2-1-3-5-10;/h1-7,12,15H,8-9,20H2;1H/t12-,15+;/m0./s1. The van der Waals surface area contributed by atoms with E-state index in [1.165, 1.54) is 0 Å². The number of rotatable bonds is 3. The van der Waals surface area contributed by atoms with E-state index in [-0.39, 0.29) is 31.4 Å². The number of nitrogens with two attached hydrogens (primary N) is 1. The Morgan fingerprint density at radius 2 is 1.56 bits per heavy atom. The van der Waals surface area contributed by atoms with Crippen molar-refractivity contribution in [2.45, 2.75) is 16.9 Å². The summed E-state index contributed by atoms with van der Waals surface area (Å²) in [7, 11) is -4.45. The molecule has 1 saturated heterocycles. The van der Waals surface area contributed by atoms with Crippen LogP contribution in [0.3, 0.4) is 0 Å². The molecule has 25 heavy (non-hydrogen) atoms. The van der Waals surface area contributed by atoms with Crippen molar-refractivity contribution < 1.29 is 21.6 Å². The molecule has 2 aromatic carbocycles. The topological polar surface area (TPSA) is 63.4 Å². The van der Waals surface area contributed by atoms with Crippen LogP contribution < -0.4 is 5.73 Å². The molecule has 1 aliphatic heterocycles. The van der Waals surface area contributed by atoms with E-state index in [2.05, 4.69) is 0 Å². The van der Waals surface area contributed by atoms with Crippen molar-refractivity contribution >= 4 is 22.4 Å². The first-order valence-electron chi connectivity index (χ1n) is 7.26.